The van der Waals surface area contributed by atoms with Crippen molar-refractivity contribution in [1.82, 2.24) is 5.32 Å². The second-order valence-electron chi connectivity index (χ2n) is 6.60. The second-order valence-corrected chi connectivity index (χ2v) is 6.60. The highest BCUT2D eigenvalue weighted by atomic mass is 14.9. The Labute approximate surface area is 118 Å². The molecule has 0 aliphatic heterocycles. The Morgan fingerprint density at radius 3 is 2.42 bits per heavy atom. The summed E-state index contributed by atoms with van der Waals surface area (Å²) in [5, 5.41) is 3.73. The predicted molar refractivity (Wildman–Crippen MR) is 83.5 cm³/mol. The van der Waals surface area contributed by atoms with Crippen molar-refractivity contribution >= 4 is 0 Å². The van der Waals surface area contributed by atoms with E-state index in [1.165, 1.54) is 48.9 Å². The van der Waals surface area contributed by atoms with Crippen molar-refractivity contribution < 1.29 is 0 Å². The summed E-state index contributed by atoms with van der Waals surface area (Å²) in [5.41, 5.74) is 4.21. The van der Waals surface area contributed by atoms with E-state index in [9.17, 15) is 0 Å². The zero-order valence-electron chi connectivity index (χ0n) is 13.0. The van der Waals surface area contributed by atoms with Gasteiger partial charge >= 0.3 is 0 Å². The fraction of sp³-hybridized carbons (Fsp3) is 0.667. The van der Waals surface area contributed by atoms with Crippen LogP contribution in [0.15, 0.2) is 18.2 Å². The number of benzene rings is 1. The lowest BCUT2D eigenvalue weighted by Crippen LogP contribution is -2.28. The van der Waals surface area contributed by atoms with Gasteiger partial charge in [-0.3, -0.25) is 0 Å². The number of rotatable bonds is 4. The number of nitrogens with one attached hydrogen (secondary N) is 1. The van der Waals surface area contributed by atoms with Gasteiger partial charge in [0.1, 0.15) is 0 Å². The topological polar surface area (TPSA) is 12.0 Å². The van der Waals surface area contributed by atoms with Crippen LogP contribution in [0, 0.1) is 25.7 Å². The van der Waals surface area contributed by atoms with Gasteiger partial charge in [0.2, 0.25) is 0 Å². The first-order chi connectivity index (χ1) is 9.06. The van der Waals surface area contributed by atoms with E-state index in [1.54, 1.807) is 0 Å². The molecule has 0 bridgehead atoms. The summed E-state index contributed by atoms with van der Waals surface area (Å²) in [6, 6.07) is 7.31. The van der Waals surface area contributed by atoms with Gasteiger partial charge in [0, 0.05) is 6.04 Å². The van der Waals surface area contributed by atoms with Crippen LogP contribution in [-0.4, -0.2) is 6.54 Å². The SMILES string of the molecule is Cc1ccc(C(C)NCC2CCC(C)CC2)cc1C. The Hall–Kier alpha value is -0.820. The van der Waals surface area contributed by atoms with Gasteiger partial charge in [-0.2, -0.15) is 0 Å². The molecule has 1 N–H and O–H groups in total. The van der Waals surface area contributed by atoms with Crippen LogP contribution in [0.2, 0.25) is 0 Å². The van der Waals surface area contributed by atoms with Gasteiger partial charge in [0.15, 0.2) is 0 Å². The zero-order valence-corrected chi connectivity index (χ0v) is 13.0. The molecular weight excluding hydrogens is 230 g/mol. The maximum absolute atomic E-state index is 3.73. The highest BCUT2D eigenvalue weighted by Crippen LogP contribution is 2.28. The summed E-state index contributed by atoms with van der Waals surface area (Å²) in [7, 11) is 0. The van der Waals surface area contributed by atoms with Crippen LogP contribution < -0.4 is 5.32 Å². The third-order valence-corrected chi connectivity index (χ3v) is 4.88. The standard InChI is InChI=1S/C18H29N/c1-13-5-8-17(9-6-13)12-19-16(4)18-10-7-14(2)15(3)11-18/h7,10-11,13,16-17,19H,5-6,8-9,12H2,1-4H3. The second kappa shape index (κ2) is 6.56. The smallest absolute Gasteiger partial charge is 0.0292 e. The third-order valence-electron chi connectivity index (χ3n) is 4.88. The molecule has 2 rings (SSSR count). The first kappa shape index (κ1) is 14.6. The fourth-order valence-corrected chi connectivity index (χ4v) is 3.03. The summed E-state index contributed by atoms with van der Waals surface area (Å²) < 4.78 is 0. The van der Waals surface area contributed by atoms with Crippen LogP contribution in [0.4, 0.5) is 0 Å². The Bertz CT molecular complexity index is 402. The Balaban J connectivity index is 1.83. The molecule has 0 radical (unpaired) electrons. The average Bonchev–Trinajstić information content (AvgIpc) is 2.41. The minimum Gasteiger partial charge on any atom is -0.310 e. The Morgan fingerprint density at radius 1 is 1.11 bits per heavy atom. The van der Waals surface area contributed by atoms with E-state index in [2.05, 4.69) is 51.2 Å². The number of aryl methyl sites for hydroxylation is 2. The van der Waals surface area contributed by atoms with Gasteiger partial charge < -0.3 is 5.32 Å². The molecule has 1 saturated carbocycles. The molecular formula is C18H29N. The normalized spacial score (nSPS) is 25.3. The van der Waals surface area contributed by atoms with E-state index in [4.69, 9.17) is 0 Å². The lowest BCUT2D eigenvalue weighted by Gasteiger charge is -2.27. The van der Waals surface area contributed by atoms with Gasteiger partial charge in [-0.1, -0.05) is 38.0 Å². The Kier molecular flexibility index (Phi) is 5.04. The maximum atomic E-state index is 3.73. The molecule has 1 aliphatic rings. The highest BCUT2D eigenvalue weighted by molar-refractivity contribution is 5.31. The first-order valence-electron chi connectivity index (χ1n) is 7.86. The van der Waals surface area contributed by atoms with Gasteiger partial charge in [0.05, 0.1) is 0 Å². The molecule has 0 saturated heterocycles. The molecule has 0 aromatic heterocycles. The van der Waals surface area contributed by atoms with Crippen molar-refractivity contribution in [2.45, 2.75) is 59.4 Å². The van der Waals surface area contributed by atoms with E-state index in [0.29, 0.717) is 6.04 Å². The van der Waals surface area contributed by atoms with Crippen LogP contribution >= 0.6 is 0 Å². The van der Waals surface area contributed by atoms with E-state index >= 15 is 0 Å². The van der Waals surface area contributed by atoms with Crippen molar-refractivity contribution in [3.63, 3.8) is 0 Å². The summed E-state index contributed by atoms with van der Waals surface area (Å²) in [4.78, 5) is 0. The van der Waals surface area contributed by atoms with Crippen molar-refractivity contribution in [2.75, 3.05) is 6.54 Å². The largest absolute Gasteiger partial charge is 0.310 e. The summed E-state index contributed by atoms with van der Waals surface area (Å²) in [6.45, 7) is 10.2. The Morgan fingerprint density at radius 2 is 1.79 bits per heavy atom. The van der Waals surface area contributed by atoms with Crippen LogP contribution in [0.25, 0.3) is 0 Å². The minimum atomic E-state index is 0.471. The van der Waals surface area contributed by atoms with Crippen molar-refractivity contribution in [3.05, 3.63) is 34.9 Å². The molecule has 106 valence electrons. The summed E-state index contributed by atoms with van der Waals surface area (Å²) in [5.74, 6) is 1.85. The lowest BCUT2D eigenvalue weighted by molar-refractivity contribution is 0.276. The van der Waals surface area contributed by atoms with Gasteiger partial charge in [-0.15, -0.1) is 0 Å². The molecule has 1 aliphatic carbocycles. The maximum Gasteiger partial charge on any atom is 0.0292 e. The van der Waals surface area contributed by atoms with E-state index in [-0.39, 0.29) is 0 Å². The molecule has 1 atom stereocenters. The van der Waals surface area contributed by atoms with Gasteiger partial charge in [0.25, 0.3) is 0 Å². The predicted octanol–water partition coefficient (Wildman–Crippen LogP) is 4.78. The van der Waals surface area contributed by atoms with Crippen molar-refractivity contribution in [2.24, 2.45) is 11.8 Å². The fourth-order valence-electron chi connectivity index (χ4n) is 3.03. The highest BCUT2D eigenvalue weighted by Gasteiger charge is 2.18. The molecule has 0 amide bonds. The van der Waals surface area contributed by atoms with Crippen LogP contribution in [0.5, 0.6) is 0 Å². The molecule has 1 nitrogen and oxygen atoms in total. The van der Waals surface area contributed by atoms with Crippen molar-refractivity contribution in [1.29, 1.82) is 0 Å². The van der Waals surface area contributed by atoms with Crippen LogP contribution in [0.1, 0.15) is 62.3 Å². The average molecular weight is 259 g/mol. The lowest BCUT2D eigenvalue weighted by atomic mass is 9.83. The van der Waals surface area contributed by atoms with E-state index in [1.807, 2.05) is 0 Å². The minimum absolute atomic E-state index is 0.471. The molecule has 1 heteroatoms. The van der Waals surface area contributed by atoms with Gasteiger partial charge in [-0.25, -0.2) is 0 Å². The monoisotopic (exact) mass is 259 g/mol. The molecule has 1 unspecified atom stereocenters. The van der Waals surface area contributed by atoms with Gasteiger partial charge in [-0.05, 0) is 68.7 Å². The summed E-state index contributed by atoms with van der Waals surface area (Å²) in [6.07, 6.45) is 5.66. The molecule has 1 fully saturated rings. The molecule has 0 heterocycles. The zero-order chi connectivity index (χ0) is 13.8. The number of hydrogen-bond acceptors (Lipinski definition) is 1. The number of hydrogen-bond donors (Lipinski definition) is 1. The van der Waals surface area contributed by atoms with E-state index in [0.717, 1.165) is 11.8 Å². The van der Waals surface area contributed by atoms with Crippen LogP contribution in [-0.2, 0) is 0 Å². The molecule has 1 aromatic rings. The third kappa shape index (κ3) is 4.07. The molecule has 0 spiro atoms. The van der Waals surface area contributed by atoms with Crippen LogP contribution in [0.3, 0.4) is 0 Å². The molecule has 1 aromatic carbocycles. The molecule has 19 heavy (non-hydrogen) atoms. The first-order valence-corrected chi connectivity index (χ1v) is 7.86. The van der Waals surface area contributed by atoms with E-state index < -0.39 is 0 Å². The summed E-state index contributed by atoms with van der Waals surface area (Å²) >= 11 is 0. The quantitative estimate of drug-likeness (QED) is 0.820. The van der Waals surface area contributed by atoms with Crippen molar-refractivity contribution in [3.8, 4) is 0 Å².